The lowest BCUT2D eigenvalue weighted by molar-refractivity contribution is -0.777. The molecule has 33 heavy (non-hydrogen) atoms. The molecule has 0 saturated heterocycles. The van der Waals surface area contributed by atoms with Gasteiger partial charge in [-0.2, -0.15) is 4.33 Å². The number of rotatable bonds is 6. The van der Waals surface area contributed by atoms with Crippen molar-refractivity contribution in [3.8, 4) is 22.3 Å². The van der Waals surface area contributed by atoms with Crippen LogP contribution in [-0.2, 0) is 19.5 Å². The summed E-state index contributed by atoms with van der Waals surface area (Å²) in [6.45, 7) is 11.8. The Morgan fingerprint density at radius 2 is 1.18 bits per heavy atom. The second-order valence-electron chi connectivity index (χ2n) is 6.25. The van der Waals surface area contributed by atoms with Crippen LogP contribution in [0, 0.1) is 13.8 Å². The molecular formula is C25H32O6S2-2. The fourth-order valence-corrected chi connectivity index (χ4v) is 4.05. The maximum absolute atomic E-state index is 12.0. The molecule has 6 nitrogen and oxygen atoms in total. The van der Waals surface area contributed by atoms with E-state index in [9.17, 15) is 18.2 Å². The number of hydrogen-bond donors (Lipinski definition) is 0. The monoisotopic (exact) mass is 492 g/mol. The molecule has 0 saturated carbocycles. The van der Waals surface area contributed by atoms with E-state index in [1.165, 1.54) is 12.1 Å². The van der Waals surface area contributed by atoms with Crippen LogP contribution in [0.2, 0.25) is 0 Å². The summed E-state index contributed by atoms with van der Waals surface area (Å²) in [5.74, 6) is 0. The van der Waals surface area contributed by atoms with E-state index in [2.05, 4.69) is 9.37 Å². The Balaban J connectivity index is 0.00000194. The lowest BCUT2D eigenvalue weighted by atomic mass is 9.99. The summed E-state index contributed by atoms with van der Waals surface area (Å²) in [4.78, 5) is 0.0852. The molecule has 0 heterocycles. The Hall–Kier alpha value is -2.20. The molecule has 0 spiro atoms. The molecular weight excluding hydrogens is 460 g/mol. The molecule has 0 aliphatic rings. The first kappa shape index (κ1) is 30.8. The Bertz CT molecular complexity index is 1080. The van der Waals surface area contributed by atoms with Crippen LogP contribution in [-0.4, -0.2) is 13.0 Å². The Morgan fingerprint density at radius 1 is 0.758 bits per heavy atom. The zero-order valence-corrected chi connectivity index (χ0v) is 20.7. The minimum atomic E-state index is -4.76. The summed E-state index contributed by atoms with van der Waals surface area (Å²) in [6.07, 6.45) is 0. The highest BCUT2D eigenvalue weighted by molar-refractivity contribution is 7.94. The fraction of sp³-hybridized carbons (Fsp3) is 0.280. The predicted octanol–water partition coefficient (Wildman–Crippen LogP) is 6.46. The zero-order valence-electron chi connectivity index (χ0n) is 19.0. The van der Waals surface area contributed by atoms with Crippen LogP contribution in [0.15, 0.2) is 70.5 Å². The van der Waals surface area contributed by atoms with Gasteiger partial charge in [0.1, 0.15) is 10.1 Å². The summed E-state index contributed by atoms with van der Waals surface area (Å²) in [5, 5.41) is 13.8. The summed E-state index contributed by atoms with van der Waals surface area (Å²) >= 11 is 0.646. The first-order chi connectivity index (χ1) is 15.3. The molecule has 0 radical (unpaired) electrons. The number of benzene rings is 3. The van der Waals surface area contributed by atoms with Crippen molar-refractivity contribution in [1.82, 2.24) is 0 Å². The van der Waals surface area contributed by atoms with Crippen molar-refractivity contribution < 1.29 is 27.6 Å². The molecule has 3 rings (SSSR count). The number of hydrogen-bond acceptors (Lipinski definition) is 7. The van der Waals surface area contributed by atoms with E-state index in [1.54, 1.807) is 24.3 Å². The quantitative estimate of drug-likeness (QED) is 0.168. The van der Waals surface area contributed by atoms with Crippen LogP contribution in [0.5, 0.6) is 0 Å². The SMILES string of the molecule is C.CC.CC.Cc1ccc(-c2cc(S(=O)(=O)[O-])c(-c3ccc(C)cc3)cc2SOO[O-])cc1. The third kappa shape index (κ3) is 8.58. The molecule has 0 aliphatic heterocycles. The van der Waals surface area contributed by atoms with E-state index in [0.717, 1.165) is 11.1 Å². The van der Waals surface area contributed by atoms with Crippen LogP contribution in [0.3, 0.4) is 0 Å². The van der Waals surface area contributed by atoms with Crippen LogP contribution in [0.4, 0.5) is 0 Å². The molecule has 3 aromatic carbocycles. The Morgan fingerprint density at radius 3 is 1.58 bits per heavy atom. The summed E-state index contributed by atoms with van der Waals surface area (Å²) in [7, 11) is -4.76. The van der Waals surface area contributed by atoms with Gasteiger partial charge in [-0.25, -0.2) is 8.42 Å². The van der Waals surface area contributed by atoms with Crippen molar-refractivity contribution in [2.24, 2.45) is 0 Å². The van der Waals surface area contributed by atoms with Crippen molar-refractivity contribution in [2.75, 3.05) is 0 Å². The first-order valence-corrected chi connectivity index (χ1v) is 12.4. The van der Waals surface area contributed by atoms with Crippen molar-refractivity contribution in [3.05, 3.63) is 71.8 Å². The van der Waals surface area contributed by atoms with E-state index in [0.29, 0.717) is 33.6 Å². The normalized spacial score (nSPS) is 10.2. The van der Waals surface area contributed by atoms with Gasteiger partial charge in [-0.05, 0) is 42.7 Å². The molecule has 0 amide bonds. The van der Waals surface area contributed by atoms with Crippen LogP contribution < -0.4 is 5.26 Å². The van der Waals surface area contributed by atoms with Crippen LogP contribution in [0.1, 0.15) is 46.2 Å². The molecule has 182 valence electrons. The maximum atomic E-state index is 12.0. The van der Waals surface area contributed by atoms with Crippen LogP contribution >= 0.6 is 12.0 Å². The molecule has 0 aliphatic carbocycles. The summed E-state index contributed by atoms with van der Waals surface area (Å²) in [6, 6.07) is 17.2. The molecule has 0 N–H and O–H groups in total. The van der Waals surface area contributed by atoms with E-state index in [-0.39, 0.29) is 17.9 Å². The van der Waals surface area contributed by atoms with Crippen molar-refractivity contribution in [2.45, 2.75) is 58.8 Å². The van der Waals surface area contributed by atoms with Gasteiger partial charge in [0, 0.05) is 10.5 Å². The van der Waals surface area contributed by atoms with E-state index < -0.39 is 10.1 Å². The second-order valence-corrected chi connectivity index (χ2v) is 8.34. The lowest BCUT2D eigenvalue weighted by Gasteiger charge is -2.18. The molecule has 0 fully saturated rings. The lowest BCUT2D eigenvalue weighted by Crippen LogP contribution is -2.04. The predicted molar refractivity (Wildman–Crippen MR) is 132 cm³/mol. The molecule has 3 aromatic rings. The maximum Gasteiger partial charge on any atom is 0.125 e. The number of aryl methyl sites for hydroxylation is 2. The van der Waals surface area contributed by atoms with Gasteiger partial charge in [-0.15, -0.1) is 0 Å². The average Bonchev–Trinajstić information content (AvgIpc) is 2.80. The highest BCUT2D eigenvalue weighted by atomic mass is 32.2. The molecule has 8 heteroatoms. The van der Waals surface area contributed by atoms with Crippen molar-refractivity contribution >= 4 is 22.2 Å². The molecule has 0 unspecified atom stereocenters. The highest BCUT2D eigenvalue weighted by Crippen LogP contribution is 2.39. The molecule has 0 atom stereocenters. The minimum Gasteiger partial charge on any atom is -0.744 e. The summed E-state index contributed by atoms with van der Waals surface area (Å²) in [5.41, 5.74) is 3.90. The van der Waals surface area contributed by atoms with E-state index >= 15 is 0 Å². The van der Waals surface area contributed by atoms with E-state index in [1.807, 2.05) is 65.8 Å². The van der Waals surface area contributed by atoms with Gasteiger partial charge < -0.3 is 9.81 Å². The molecule has 0 bridgehead atoms. The second kappa shape index (κ2) is 14.8. The Labute approximate surface area is 202 Å². The topological polar surface area (TPSA) is 98.7 Å². The van der Waals surface area contributed by atoms with Crippen LogP contribution in [0.25, 0.3) is 22.3 Å². The first-order valence-electron chi connectivity index (χ1n) is 10.2. The zero-order chi connectivity index (χ0) is 24.3. The van der Waals surface area contributed by atoms with Crippen molar-refractivity contribution in [1.29, 1.82) is 0 Å². The van der Waals surface area contributed by atoms with Gasteiger partial charge in [0.2, 0.25) is 0 Å². The average molecular weight is 493 g/mol. The largest absolute Gasteiger partial charge is 0.744 e. The van der Waals surface area contributed by atoms with E-state index in [4.69, 9.17) is 0 Å². The highest BCUT2D eigenvalue weighted by Gasteiger charge is 2.18. The smallest absolute Gasteiger partial charge is 0.125 e. The fourth-order valence-electron chi connectivity index (χ4n) is 2.80. The minimum absolute atomic E-state index is 0. The Kier molecular flexibility index (Phi) is 13.9. The standard InChI is InChI=1S/C20H18O6S2.2C2H6.CH4/c1-13-3-7-15(8-4-13)17-12-20(28(22,23)24)18(11-19(17)27-26-25-21)16-9-5-14(2)6-10-16;2*1-2;/h3-12,21H,1-2H3,(H,22,23,24);2*1-2H3;1H4/p-2. The van der Waals surface area contributed by atoms with Gasteiger partial charge in [0.05, 0.1) is 16.9 Å². The van der Waals surface area contributed by atoms with Gasteiger partial charge in [0.15, 0.2) is 0 Å². The van der Waals surface area contributed by atoms with Crippen molar-refractivity contribution in [3.63, 3.8) is 0 Å². The van der Waals surface area contributed by atoms with Gasteiger partial charge in [-0.3, -0.25) is 5.04 Å². The van der Waals surface area contributed by atoms with Gasteiger partial charge in [-0.1, -0.05) is 94.8 Å². The van der Waals surface area contributed by atoms with Gasteiger partial charge >= 0.3 is 0 Å². The molecule has 0 aromatic heterocycles. The third-order valence-corrected chi connectivity index (χ3v) is 5.75. The third-order valence-electron chi connectivity index (χ3n) is 4.23. The summed E-state index contributed by atoms with van der Waals surface area (Å²) < 4.78 is 40.4. The van der Waals surface area contributed by atoms with Gasteiger partial charge in [0.25, 0.3) is 0 Å².